The van der Waals surface area contributed by atoms with Gasteiger partial charge in [0.1, 0.15) is 20.1 Å². The predicted octanol–water partition coefficient (Wildman–Crippen LogP) is 0.198. The van der Waals surface area contributed by atoms with Crippen molar-refractivity contribution in [3.8, 4) is 0 Å². The Balaban J connectivity index is 0. The number of hydrogen-bond donors (Lipinski definition) is 4. The number of nitrogens with one attached hydrogen (secondary N) is 2. The van der Waals surface area contributed by atoms with E-state index in [1.807, 2.05) is 0 Å². The minimum absolute atomic E-state index is 0.0365. The number of carbonyl (C=O) groups excluding carboxylic acids is 3. The normalized spacial score (nSPS) is 20.2. The van der Waals surface area contributed by atoms with Crippen molar-refractivity contribution in [2.45, 2.75) is 70.6 Å². The van der Waals surface area contributed by atoms with Gasteiger partial charge in [0.05, 0.1) is 20.1 Å². The first kappa shape index (κ1) is 26.2. The van der Waals surface area contributed by atoms with Crippen LogP contribution in [0.25, 0.3) is 0 Å². The van der Waals surface area contributed by atoms with E-state index in [0.717, 1.165) is 25.7 Å². The summed E-state index contributed by atoms with van der Waals surface area (Å²) in [6, 6.07) is -0.558. The summed E-state index contributed by atoms with van der Waals surface area (Å²) in [7, 11) is 9.72. The summed E-state index contributed by atoms with van der Waals surface area (Å²) < 4.78 is 27.6. The summed E-state index contributed by atoms with van der Waals surface area (Å²) in [5.41, 5.74) is 4.50. The molecule has 11 heteroatoms. The smallest absolute Gasteiger partial charge is 0.406 e. The molecule has 30 heavy (non-hydrogen) atoms. The van der Waals surface area contributed by atoms with Crippen molar-refractivity contribution in [3.05, 3.63) is 0 Å². The number of esters is 1. The number of unbranched alkanes of at least 4 members (excludes halogenated alkanes) is 3. The van der Waals surface area contributed by atoms with Crippen LogP contribution in [0.2, 0.25) is 0 Å². The van der Waals surface area contributed by atoms with Crippen molar-refractivity contribution in [2.24, 2.45) is 5.73 Å². The van der Waals surface area contributed by atoms with Gasteiger partial charge in [-0.3, -0.25) is 9.59 Å². The SMILES string of the molecule is CN.[2H]C.[3H]OCC1OC([B])CC1OC(=O)CCC(=O)NCCCCCCNC(=O)OC. The summed E-state index contributed by atoms with van der Waals surface area (Å²) in [5, 5.41) is 9.64. The van der Waals surface area contributed by atoms with E-state index in [1.54, 1.807) is 0 Å². The number of carbonyl (C=O) groups is 3. The Morgan fingerprint density at radius 2 is 1.87 bits per heavy atom. The van der Waals surface area contributed by atoms with Crippen molar-refractivity contribution in [1.82, 2.24) is 10.6 Å². The third-order valence-electron chi connectivity index (χ3n) is 4.11. The predicted molar refractivity (Wildman–Crippen MR) is 114 cm³/mol. The lowest BCUT2D eigenvalue weighted by atomic mass is 9.96. The van der Waals surface area contributed by atoms with Gasteiger partial charge < -0.3 is 35.7 Å². The standard InChI is InChI=1S/C17H29BN2O7.CH5N.CH4/c1-25-17(24)20-9-5-3-2-4-8-19-15(22)6-7-16(23)27-12-10-14(18)26-13(12)11-21;1-2;/h12-14,21H,2-11H2,1H3,(H,19,22)(H,20,24);2H2,1H3;1H4/i21T;;1D. The topological polar surface area (TPSA) is 149 Å². The molecule has 1 aliphatic heterocycles. The number of aliphatic hydroxyl groups excluding tert-OH is 1. The van der Waals surface area contributed by atoms with Crippen molar-refractivity contribution in [2.75, 3.05) is 33.9 Å². The maximum atomic E-state index is 11.9. The highest BCUT2D eigenvalue weighted by Crippen LogP contribution is 2.21. The molecule has 1 heterocycles. The molecule has 174 valence electrons. The molecule has 0 aliphatic carbocycles. The van der Waals surface area contributed by atoms with E-state index in [0.29, 0.717) is 19.5 Å². The van der Waals surface area contributed by atoms with E-state index in [4.69, 9.17) is 20.1 Å². The van der Waals surface area contributed by atoms with Crippen LogP contribution >= 0.6 is 0 Å². The van der Waals surface area contributed by atoms with Gasteiger partial charge in [-0.2, -0.15) is 0 Å². The van der Waals surface area contributed by atoms with Gasteiger partial charge in [0, 0.05) is 33.3 Å². The van der Waals surface area contributed by atoms with Gasteiger partial charge in [-0.05, 0) is 19.9 Å². The Bertz CT molecular complexity index is 508. The van der Waals surface area contributed by atoms with E-state index in [1.165, 1.54) is 21.6 Å². The van der Waals surface area contributed by atoms with Crippen molar-refractivity contribution in [3.63, 3.8) is 0 Å². The van der Waals surface area contributed by atoms with E-state index in [2.05, 4.69) is 26.2 Å². The van der Waals surface area contributed by atoms with Crippen molar-refractivity contribution >= 4 is 25.8 Å². The van der Waals surface area contributed by atoms with Crippen LogP contribution in [-0.2, 0) is 23.8 Å². The van der Waals surface area contributed by atoms with Crippen molar-refractivity contribution in [1.29, 1.82) is 1.43 Å². The van der Waals surface area contributed by atoms with Crippen LogP contribution in [0.1, 0.15) is 53.7 Å². The number of nitrogens with two attached hydrogens (primary N) is 1. The second kappa shape index (κ2) is 19.1. The number of methoxy groups -OCH3 is 1. The van der Waals surface area contributed by atoms with Crippen molar-refractivity contribution < 1.29 is 35.1 Å². The summed E-state index contributed by atoms with van der Waals surface area (Å²) in [6.07, 6.45) is 2.30. The second-order valence-electron chi connectivity index (χ2n) is 6.33. The van der Waals surface area contributed by atoms with Gasteiger partial charge in [0.15, 0.2) is 0 Å². The van der Waals surface area contributed by atoms with Gasteiger partial charge in [-0.1, -0.05) is 20.2 Å². The molecular formula is C19H38BN3O7. The fourth-order valence-electron chi connectivity index (χ4n) is 2.64. The Kier molecular flexibility index (Phi) is 16.7. The first-order valence-corrected chi connectivity index (χ1v) is 9.81. The maximum Gasteiger partial charge on any atom is 0.406 e. The van der Waals surface area contributed by atoms with Crippen LogP contribution < -0.4 is 16.4 Å². The molecule has 3 unspecified atom stereocenters. The van der Waals surface area contributed by atoms with E-state index >= 15 is 0 Å². The monoisotopic (exact) mass is 434 g/mol. The Morgan fingerprint density at radius 1 is 1.23 bits per heavy atom. The van der Waals surface area contributed by atoms with Crippen LogP contribution in [0.4, 0.5) is 4.79 Å². The lowest BCUT2D eigenvalue weighted by molar-refractivity contribution is -0.153. The minimum Gasteiger partial charge on any atom is -0.459 e. The molecule has 0 aromatic rings. The average molecular weight is 434 g/mol. The third kappa shape index (κ3) is 14.2. The lowest BCUT2D eigenvalue weighted by Gasteiger charge is -2.16. The molecule has 5 N–H and O–H groups in total. The number of rotatable bonds is 13. The zero-order valence-electron chi connectivity index (χ0n) is 20.3. The largest absolute Gasteiger partial charge is 0.459 e. The highest BCUT2D eigenvalue weighted by Gasteiger charge is 2.34. The number of alkyl carbamates (subject to hydrolysis) is 1. The zero-order chi connectivity index (χ0) is 24.8. The molecular weight excluding hydrogens is 393 g/mol. The summed E-state index contributed by atoms with van der Waals surface area (Å²) in [4.78, 5) is 34.5. The first-order valence-electron chi connectivity index (χ1n) is 11.2. The molecule has 0 bridgehead atoms. The molecule has 2 radical (unpaired) electrons. The molecule has 2 amide bonds. The summed E-state index contributed by atoms with van der Waals surface area (Å²) in [5.74, 6) is -0.722. The highest BCUT2D eigenvalue weighted by molar-refractivity contribution is 6.11. The number of amides is 2. The van der Waals surface area contributed by atoms with Crippen LogP contribution in [0.5, 0.6) is 0 Å². The van der Waals surface area contributed by atoms with Crippen LogP contribution in [0.3, 0.4) is 0 Å². The summed E-state index contributed by atoms with van der Waals surface area (Å²) in [6.45, 7) is 1.06. The Labute approximate surface area is 183 Å². The fourth-order valence-corrected chi connectivity index (χ4v) is 2.64. The van der Waals surface area contributed by atoms with E-state index in [9.17, 15) is 14.4 Å². The number of hydrogen-bond acceptors (Lipinski definition) is 8. The molecule has 10 nitrogen and oxygen atoms in total. The number of ether oxygens (including phenoxy) is 3. The average Bonchev–Trinajstić information content (AvgIpc) is 3.15. The molecule has 1 saturated heterocycles. The molecule has 1 fully saturated rings. The molecule has 0 aromatic carbocycles. The lowest BCUT2D eigenvalue weighted by Crippen LogP contribution is -2.31. The van der Waals surface area contributed by atoms with Crippen LogP contribution in [0.15, 0.2) is 0 Å². The zero-order valence-corrected chi connectivity index (χ0v) is 18.3. The third-order valence-corrected chi connectivity index (χ3v) is 4.11. The van der Waals surface area contributed by atoms with Gasteiger partial charge in [0.2, 0.25) is 7.34 Å². The molecule has 1 rings (SSSR count). The number of aliphatic hydroxyl groups is 1. The molecule has 0 spiro atoms. The first-order chi connectivity index (χ1) is 15.5. The molecule has 3 atom stereocenters. The van der Waals surface area contributed by atoms with Crippen LogP contribution in [0, 0.1) is 0 Å². The minimum atomic E-state index is -0.565. The Hall–Kier alpha value is -1.85. The molecule has 0 aromatic heterocycles. The Morgan fingerprint density at radius 3 is 2.47 bits per heavy atom. The van der Waals surface area contributed by atoms with Gasteiger partial charge in [-0.15, -0.1) is 0 Å². The molecule has 1 aliphatic rings. The second-order valence-corrected chi connectivity index (χ2v) is 6.33. The van der Waals surface area contributed by atoms with Gasteiger partial charge >= 0.3 is 12.1 Å². The van der Waals surface area contributed by atoms with E-state index < -0.39 is 30.3 Å². The quantitative estimate of drug-likeness (QED) is 0.182. The maximum absolute atomic E-state index is 11.9. The summed E-state index contributed by atoms with van der Waals surface area (Å²) >= 11 is 0. The van der Waals surface area contributed by atoms with Gasteiger partial charge in [-0.25, -0.2) is 4.79 Å². The fraction of sp³-hybridized carbons (Fsp3) is 0.842. The molecule has 0 saturated carbocycles. The van der Waals surface area contributed by atoms with Crippen LogP contribution in [-0.4, -0.2) is 84.4 Å². The highest BCUT2D eigenvalue weighted by atomic mass is 16.6. The van der Waals surface area contributed by atoms with Gasteiger partial charge in [0.25, 0.3) is 0 Å². The van der Waals surface area contributed by atoms with E-state index in [-0.39, 0.29) is 25.4 Å².